The lowest BCUT2D eigenvalue weighted by atomic mass is 10.0. The van der Waals surface area contributed by atoms with Crippen LogP contribution < -0.4 is 11.1 Å². The van der Waals surface area contributed by atoms with Gasteiger partial charge in [-0.15, -0.1) is 12.4 Å². The van der Waals surface area contributed by atoms with Crippen LogP contribution in [0.5, 0.6) is 0 Å². The Morgan fingerprint density at radius 3 is 2.45 bits per heavy atom. The summed E-state index contributed by atoms with van der Waals surface area (Å²) < 4.78 is 0. The summed E-state index contributed by atoms with van der Waals surface area (Å²) in [5.74, 6) is 0.671. The van der Waals surface area contributed by atoms with E-state index in [4.69, 9.17) is 5.73 Å². The molecule has 20 heavy (non-hydrogen) atoms. The summed E-state index contributed by atoms with van der Waals surface area (Å²) in [5, 5.41) is 3.02. The van der Waals surface area contributed by atoms with Gasteiger partial charge in [-0.3, -0.25) is 4.79 Å². The van der Waals surface area contributed by atoms with E-state index in [1.807, 2.05) is 18.2 Å². The van der Waals surface area contributed by atoms with Gasteiger partial charge in [0.15, 0.2) is 0 Å². The highest BCUT2D eigenvalue weighted by Gasteiger charge is 2.11. The molecular formula is C16H27ClN2O. The van der Waals surface area contributed by atoms with Crippen LogP contribution in [0.4, 0.5) is 0 Å². The van der Waals surface area contributed by atoms with Gasteiger partial charge in [0.05, 0.1) is 0 Å². The number of aryl methyl sites for hydroxylation is 1. The van der Waals surface area contributed by atoms with Crippen LogP contribution in [0.15, 0.2) is 30.3 Å². The second-order valence-electron chi connectivity index (χ2n) is 5.47. The summed E-state index contributed by atoms with van der Waals surface area (Å²) in [7, 11) is 0. The molecule has 0 aliphatic rings. The SMILES string of the molecule is CC(C)CC(CN)NC(=O)CCCc1ccccc1.Cl. The minimum atomic E-state index is 0. The molecule has 3 N–H and O–H groups in total. The molecule has 1 rings (SSSR count). The van der Waals surface area contributed by atoms with Crippen LogP contribution in [0.2, 0.25) is 0 Å². The third-order valence-electron chi connectivity index (χ3n) is 3.12. The van der Waals surface area contributed by atoms with Crippen LogP contribution in [0, 0.1) is 5.92 Å². The number of carbonyl (C=O) groups excluding carboxylic acids is 1. The standard InChI is InChI=1S/C16H26N2O.ClH/c1-13(2)11-15(12-17)18-16(19)10-6-9-14-7-4-3-5-8-14;/h3-5,7-8,13,15H,6,9-12,17H2,1-2H3,(H,18,19);1H. The Morgan fingerprint density at radius 2 is 1.90 bits per heavy atom. The smallest absolute Gasteiger partial charge is 0.220 e. The molecule has 1 amide bonds. The number of carbonyl (C=O) groups is 1. The average molecular weight is 299 g/mol. The largest absolute Gasteiger partial charge is 0.352 e. The molecule has 0 saturated carbocycles. The maximum Gasteiger partial charge on any atom is 0.220 e. The third kappa shape index (κ3) is 8.18. The van der Waals surface area contributed by atoms with Gasteiger partial charge in [-0.2, -0.15) is 0 Å². The second-order valence-corrected chi connectivity index (χ2v) is 5.47. The molecule has 0 bridgehead atoms. The summed E-state index contributed by atoms with van der Waals surface area (Å²) in [6.45, 7) is 4.80. The topological polar surface area (TPSA) is 55.1 Å². The highest BCUT2D eigenvalue weighted by atomic mass is 35.5. The highest BCUT2D eigenvalue weighted by molar-refractivity contribution is 5.85. The van der Waals surface area contributed by atoms with Gasteiger partial charge in [-0.25, -0.2) is 0 Å². The van der Waals surface area contributed by atoms with Crippen LogP contribution in [0.25, 0.3) is 0 Å². The number of hydrogen-bond donors (Lipinski definition) is 2. The third-order valence-corrected chi connectivity index (χ3v) is 3.12. The van der Waals surface area contributed by atoms with Crippen molar-refractivity contribution in [2.24, 2.45) is 11.7 Å². The summed E-state index contributed by atoms with van der Waals surface area (Å²) in [4.78, 5) is 11.8. The maximum absolute atomic E-state index is 11.8. The lowest BCUT2D eigenvalue weighted by Gasteiger charge is -2.18. The van der Waals surface area contributed by atoms with Crippen molar-refractivity contribution in [1.82, 2.24) is 5.32 Å². The van der Waals surface area contributed by atoms with E-state index in [0.29, 0.717) is 18.9 Å². The molecule has 0 spiro atoms. The van der Waals surface area contributed by atoms with Gasteiger partial charge in [0.2, 0.25) is 5.91 Å². The molecule has 0 fully saturated rings. The Morgan fingerprint density at radius 1 is 1.25 bits per heavy atom. The van der Waals surface area contributed by atoms with Gasteiger partial charge < -0.3 is 11.1 Å². The molecule has 114 valence electrons. The molecule has 0 aliphatic heterocycles. The zero-order chi connectivity index (χ0) is 14.1. The van der Waals surface area contributed by atoms with E-state index >= 15 is 0 Å². The van der Waals surface area contributed by atoms with E-state index in [2.05, 4.69) is 31.3 Å². The Kier molecular flexibility index (Phi) is 10.1. The normalized spacial score (nSPS) is 11.8. The van der Waals surface area contributed by atoms with E-state index in [1.54, 1.807) is 0 Å². The fourth-order valence-electron chi connectivity index (χ4n) is 2.18. The fourth-order valence-corrected chi connectivity index (χ4v) is 2.18. The second kappa shape index (κ2) is 10.7. The predicted molar refractivity (Wildman–Crippen MR) is 87.1 cm³/mol. The molecule has 1 unspecified atom stereocenters. The van der Waals surface area contributed by atoms with Crippen molar-refractivity contribution in [2.45, 2.75) is 45.6 Å². The van der Waals surface area contributed by atoms with Crippen LogP contribution in [0.3, 0.4) is 0 Å². The van der Waals surface area contributed by atoms with Crippen molar-refractivity contribution in [1.29, 1.82) is 0 Å². The number of halogens is 1. The number of amides is 1. The van der Waals surface area contributed by atoms with Gasteiger partial charge in [-0.1, -0.05) is 44.2 Å². The first-order valence-corrected chi connectivity index (χ1v) is 7.15. The molecule has 0 aromatic heterocycles. The summed E-state index contributed by atoms with van der Waals surface area (Å²) in [6.07, 6.45) is 3.35. The van der Waals surface area contributed by atoms with Gasteiger partial charge in [0.25, 0.3) is 0 Å². The first-order valence-electron chi connectivity index (χ1n) is 7.15. The molecule has 3 nitrogen and oxygen atoms in total. The quantitative estimate of drug-likeness (QED) is 0.775. The van der Waals surface area contributed by atoms with Crippen molar-refractivity contribution in [3.8, 4) is 0 Å². The van der Waals surface area contributed by atoms with Crippen molar-refractivity contribution in [3.63, 3.8) is 0 Å². The van der Waals surface area contributed by atoms with E-state index in [1.165, 1.54) is 5.56 Å². The molecular weight excluding hydrogens is 272 g/mol. The molecule has 4 heteroatoms. The molecule has 1 aromatic rings. The minimum Gasteiger partial charge on any atom is -0.352 e. The molecule has 0 radical (unpaired) electrons. The zero-order valence-corrected chi connectivity index (χ0v) is 13.3. The monoisotopic (exact) mass is 298 g/mol. The van der Waals surface area contributed by atoms with Crippen LogP contribution in [-0.4, -0.2) is 18.5 Å². The summed E-state index contributed by atoms with van der Waals surface area (Å²) >= 11 is 0. The lowest BCUT2D eigenvalue weighted by Crippen LogP contribution is -2.40. The van der Waals surface area contributed by atoms with E-state index < -0.39 is 0 Å². The zero-order valence-electron chi connectivity index (χ0n) is 12.5. The number of rotatable bonds is 8. The number of nitrogens with two attached hydrogens (primary N) is 1. The van der Waals surface area contributed by atoms with Gasteiger partial charge >= 0.3 is 0 Å². The van der Waals surface area contributed by atoms with Crippen molar-refractivity contribution in [2.75, 3.05) is 6.54 Å². The van der Waals surface area contributed by atoms with Crippen LogP contribution >= 0.6 is 12.4 Å². The van der Waals surface area contributed by atoms with Gasteiger partial charge in [-0.05, 0) is 30.7 Å². The van der Waals surface area contributed by atoms with E-state index in [-0.39, 0.29) is 24.4 Å². The minimum absolute atomic E-state index is 0. The van der Waals surface area contributed by atoms with E-state index in [9.17, 15) is 4.79 Å². The molecule has 1 atom stereocenters. The van der Waals surface area contributed by atoms with Crippen LogP contribution in [0.1, 0.15) is 38.7 Å². The Hall–Kier alpha value is -1.06. The first-order chi connectivity index (χ1) is 9.11. The fraction of sp³-hybridized carbons (Fsp3) is 0.562. The van der Waals surface area contributed by atoms with E-state index in [0.717, 1.165) is 19.3 Å². The van der Waals surface area contributed by atoms with Crippen LogP contribution in [-0.2, 0) is 11.2 Å². The van der Waals surface area contributed by atoms with Crippen molar-refractivity contribution >= 4 is 18.3 Å². The predicted octanol–water partition coefficient (Wildman–Crippen LogP) is 2.92. The highest BCUT2D eigenvalue weighted by Crippen LogP contribution is 2.06. The van der Waals surface area contributed by atoms with Crippen molar-refractivity contribution < 1.29 is 4.79 Å². The Balaban J connectivity index is 0.00000361. The Labute approximate surface area is 128 Å². The Bertz CT molecular complexity index is 368. The number of benzene rings is 1. The van der Waals surface area contributed by atoms with Gasteiger partial charge in [0, 0.05) is 19.0 Å². The van der Waals surface area contributed by atoms with Crippen molar-refractivity contribution in [3.05, 3.63) is 35.9 Å². The molecule has 0 heterocycles. The average Bonchev–Trinajstić information content (AvgIpc) is 2.38. The molecule has 0 aliphatic carbocycles. The molecule has 1 aromatic carbocycles. The molecule has 0 saturated heterocycles. The number of nitrogens with one attached hydrogen (secondary N) is 1. The maximum atomic E-state index is 11.8. The number of hydrogen-bond acceptors (Lipinski definition) is 2. The first kappa shape index (κ1) is 18.9. The summed E-state index contributed by atoms with van der Waals surface area (Å²) in [5.41, 5.74) is 6.96. The lowest BCUT2D eigenvalue weighted by molar-refractivity contribution is -0.121. The summed E-state index contributed by atoms with van der Waals surface area (Å²) in [6, 6.07) is 10.4. The van der Waals surface area contributed by atoms with Gasteiger partial charge in [0.1, 0.15) is 0 Å².